The summed E-state index contributed by atoms with van der Waals surface area (Å²) in [6.45, 7) is 9.57. The molecule has 0 unspecified atom stereocenters. The van der Waals surface area contributed by atoms with Crippen molar-refractivity contribution < 1.29 is 4.74 Å². The van der Waals surface area contributed by atoms with Gasteiger partial charge < -0.3 is 20.3 Å². The van der Waals surface area contributed by atoms with Crippen molar-refractivity contribution in [2.75, 3.05) is 38.1 Å². The molecular formula is C18H29N3OS. The third kappa shape index (κ3) is 6.75. The molecule has 5 heteroatoms. The van der Waals surface area contributed by atoms with Crippen LogP contribution in [0.2, 0.25) is 0 Å². The second kappa shape index (κ2) is 9.73. The van der Waals surface area contributed by atoms with E-state index in [9.17, 15) is 0 Å². The zero-order valence-electron chi connectivity index (χ0n) is 14.3. The van der Waals surface area contributed by atoms with Crippen LogP contribution in [0, 0.1) is 5.92 Å². The van der Waals surface area contributed by atoms with Crippen LogP contribution in [-0.2, 0) is 0 Å². The van der Waals surface area contributed by atoms with Gasteiger partial charge >= 0.3 is 0 Å². The first-order chi connectivity index (χ1) is 11.2. The van der Waals surface area contributed by atoms with Crippen molar-refractivity contribution in [3.05, 3.63) is 24.3 Å². The summed E-state index contributed by atoms with van der Waals surface area (Å²) in [6.07, 6.45) is 3.84. The molecular weight excluding hydrogens is 306 g/mol. The van der Waals surface area contributed by atoms with E-state index < -0.39 is 0 Å². The van der Waals surface area contributed by atoms with E-state index in [1.165, 1.54) is 25.9 Å². The molecule has 1 fully saturated rings. The van der Waals surface area contributed by atoms with Crippen LogP contribution < -0.4 is 15.4 Å². The quantitative estimate of drug-likeness (QED) is 0.589. The highest BCUT2D eigenvalue weighted by atomic mass is 32.1. The molecule has 0 spiro atoms. The van der Waals surface area contributed by atoms with Gasteiger partial charge in [-0.25, -0.2) is 0 Å². The Morgan fingerprint density at radius 2 is 2.13 bits per heavy atom. The Kier molecular flexibility index (Phi) is 7.62. The number of thiocarbonyl (C=S) groups is 1. The predicted molar refractivity (Wildman–Crippen MR) is 101 cm³/mol. The maximum atomic E-state index is 5.43. The molecule has 0 radical (unpaired) electrons. The second-order valence-electron chi connectivity index (χ2n) is 6.24. The summed E-state index contributed by atoms with van der Waals surface area (Å²) >= 11 is 5.34. The van der Waals surface area contributed by atoms with Gasteiger partial charge in [0, 0.05) is 18.8 Å². The largest absolute Gasteiger partial charge is 0.494 e. The molecule has 0 aliphatic carbocycles. The average Bonchev–Trinajstić information content (AvgIpc) is 2.54. The number of piperidine rings is 1. The van der Waals surface area contributed by atoms with E-state index in [0.717, 1.165) is 36.9 Å². The lowest BCUT2D eigenvalue weighted by Crippen LogP contribution is -2.37. The summed E-state index contributed by atoms with van der Waals surface area (Å²) in [5, 5.41) is 7.17. The Hall–Kier alpha value is -1.33. The Bertz CT molecular complexity index is 478. The summed E-state index contributed by atoms with van der Waals surface area (Å²) in [4.78, 5) is 2.57. The number of likely N-dealkylation sites (tertiary alicyclic amines) is 1. The predicted octanol–water partition coefficient (Wildman–Crippen LogP) is 3.49. The zero-order valence-corrected chi connectivity index (χ0v) is 15.1. The summed E-state index contributed by atoms with van der Waals surface area (Å²) in [5.74, 6) is 1.73. The first kappa shape index (κ1) is 18.0. The number of benzene rings is 1. The van der Waals surface area contributed by atoms with Crippen molar-refractivity contribution in [2.45, 2.75) is 33.1 Å². The lowest BCUT2D eigenvalue weighted by atomic mass is 10.0. The number of nitrogens with zero attached hydrogens (tertiary/aromatic N) is 1. The maximum absolute atomic E-state index is 5.43. The van der Waals surface area contributed by atoms with Gasteiger partial charge in [0.15, 0.2) is 5.11 Å². The number of ether oxygens (including phenoxy) is 1. The van der Waals surface area contributed by atoms with Crippen LogP contribution in [0.3, 0.4) is 0 Å². The van der Waals surface area contributed by atoms with Crippen molar-refractivity contribution in [1.29, 1.82) is 0 Å². The van der Waals surface area contributed by atoms with Gasteiger partial charge in [0.1, 0.15) is 5.75 Å². The highest BCUT2D eigenvalue weighted by Gasteiger charge is 2.15. The van der Waals surface area contributed by atoms with Gasteiger partial charge in [0.05, 0.1) is 6.61 Å². The molecule has 0 amide bonds. The number of anilines is 1. The lowest BCUT2D eigenvalue weighted by Gasteiger charge is -2.30. The van der Waals surface area contributed by atoms with Crippen molar-refractivity contribution in [3.8, 4) is 5.75 Å². The van der Waals surface area contributed by atoms with Gasteiger partial charge in [0.25, 0.3) is 0 Å². The fourth-order valence-corrected chi connectivity index (χ4v) is 3.19. The first-order valence-corrected chi connectivity index (χ1v) is 9.08. The minimum Gasteiger partial charge on any atom is -0.494 e. The Balaban J connectivity index is 1.61. The number of hydrogen-bond acceptors (Lipinski definition) is 3. The molecule has 0 aromatic heterocycles. The van der Waals surface area contributed by atoms with E-state index in [1.54, 1.807) is 0 Å². The normalized spacial score (nSPS) is 18.4. The molecule has 1 heterocycles. The Morgan fingerprint density at radius 1 is 1.35 bits per heavy atom. The van der Waals surface area contributed by atoms with Crippen molar-refractivity contribution in [2.24, 2.45) is 5.92 Å². The van der Waals surface area contributed by atoms with Crippen molar-refractivity contribution in [1.82, 2.24) is 10.2 Å². The molecule has 2 N–H and O–H groups in total. The molecule has 2 rings (SSSR count). The van der Waals surface area contributed by atoms with Crippen LogP contribution in [0.5, 0.6) is 5.75 Å². The van der Waals surface area contributed by atoms with E-state index >= 15 is 0 Å². The minimum absolute atomic E-state index is 0.682. The van der Waals surface area contributed by atoms with E-state index in [1.807, 2.05) is 31.2 Å². The van der Waals surface area contributed by atoms with Crippen LogP contribution in [0.15, 0.2) is 24.3 Å². The molecule has 0 bridgehead atoms. The topological polar surface area (TPSA) is 36.5 Å². The Morgan fingerprint density at radius 3 is 2.83 bits per heavy atom. The summed E-state index contributed by atoms with van der Waals surface area (Å²) in [7, 11) is 0. The molecule has 0 saturated carbocycles. The van der Waals surface area contributed by atoms with Gasteiger partial charge in [0.2, 0.25) is 0 Å². The lowest BCUT2D eigenvalue weighted by molar-refractivity contribution is 0.182. The van der Waals surface area contributed by atoms with Gasteiger partial charge in [-0.15, -0.1) is 0 Å². The van der Waals surface area contributed by atoms with Gasteiger partial charge in [-0.05, 0) is 81.7 Å². The van der Waals surface area contributed by atoms with Crippen LogP contribution in [0.1, 0.15) is 33.1 Å². The second-order valence-corrected chi connectivity index (χ2v) is 6.65. The van der Waals surface area contributed by atoms with E-state index in [4.69, 9.17) is 17.0 Å². The van der Waals surface area contributed by atoms with Crippen molar-refractivity contribution >= 4 is 23.0 Å². The summed E-state index contributed by atoms with van der Waals surface area (Å²) in [5.41, 5.74) is 0.982. The molecule has 128 valence electrons. The molecule has 23 heavy (non-hydrogen) atoms. The number of hydrogen-bond donors (Lipinski definition) is 2. The van der Waals surface area contributed by atoms with Gasteiger partial charge in [-0.3, -0.25) is 0 Å². The molecule has 1 aliphatic rings. The molecule has 4 nitrogen and oxygen atoms in total. The fraction of sp³-hybridized carbons (Fsp3) is 0.611. The smallest absolute Gasteiger partial charge is 0.170 e. The van der Waals surface area contributed by atoms with E-state index in [-0.39, 0.29) is 0 Å². The molecule has 1 aromatic rings. The number of nitrogens with one attached hydrogen (secondary N) is 2. The number of rotatable bonds is 7. The van der Waals surface area contributed by atoms with Gasteiger partial charge in [-0.1, -0.05) is 6.92 Å². The third-order valence-electron chi connectivity index (χ3n) is 4.10. The SMILES string of the molecule is CCOc1ccc(NC(=S)NCCCN2CCC[C@@H](C)C2)cc1. The highest BCUT2D eigenvalue weighted by molar-refractivity contribution is 7.80. The molecule has 1 aliphatic heterocycles. The monoisotopic (exact) mass is 335 g/mol. The van der Waals surface area contributed by atoms with E-state index in [0.29, 0.717) is 11.7 Å². The Labute approximate surface area is 145 Å². The third-order valence-corrected chi connectivity index (χ3v) is 4.35. The zero-order chi connectivity index (χ0) is 16.5. The van der Waals surface area contributed by atoms with Crippen LogP contribution in [-0.4, -0.2) is 42.8 Å². The van der Waals surface area contributed by atoms with Crippen LogP contribution in [0.25, 0.3) is 0 Å². The molecule has 1 saturated heterocycles. The van der Waals surface area contributed by atoms with Crippen LogP contribution in [0.4, 0.5) is 5.69 Å². The first-order valence-electron chi connectivity index (χ1n) is 8.67. The summed E-state index contributed by atoms with van der Waals surface area (Å²) < 4.78 is 5.43. The summed E-state index contributed by atoms with van der Waals surface area (Å²) in [6, 6.07) is 7.86. The fourth-order valence-electron chi connectivity index (χ4n) is 2.97. The van der Waals surface area contributed by atoms with Crippen LogP contribution >= 0.6 is 12.2 Å². The highest BCUT2D eigenvalue weighted by Crippen LogP contribution is 2.16. The molecule has 1 aromatic carbocycles. The maximum Gasteiger partial charge on any atom is 0.170 e. The van der Waals surface area contributed by atoms with E-state index in [2.05, 4.69) is 22.5 Å². The average molecular weight is 336 g/mol. The minimum atomic E-state index is 0.682. The van der Waals surface area contributed by atoms with Crippen molar-refractivity contribution in [3.63, 3.8) is 0 Å². The van der Waals surface area contributed by atoms with Gasteiger partial charge in [-0.2, -0.15) is 0 Å². The molecule has 1 atom stereocenters. The standard InChI is InChI=1S/C18H29N3OS/c1-3-22-17-9-7-16(8-10-17)20-18(23)19-11-5-13-21-12-4-6-15(2)14-21/h7-10,15H,3-6,11-14H2,1-2H3,(H2,19,20,23)/t15-/m1/s1.